The fourth-order valence-corrected chi connectivity index (χ4v) is 3.67. The summed E-state index contributed by atoms with van der Waals surface area (Å²) in [6.07, 6.45) is 0.124. The molecule has 0 radical (unpaired) electrons. The molecule has 1 atom stereocenters. The van der Waals surface area contributed by atoms with Crippen LogP contribution in [0.3, 0.4) is 0 Å². The zero-order valence-corrected chi connectivity index (χ0v) is 17.0. The molecule has 0 bridgehead atoms. The molecule has 2 aromatic carbocycles. The molecule has 3 aromatic rings. The smallest absolute Gasteiger partial charge is 0.262 e. The molecule has 1 aliphatic rings. The van der Waals surface area contributed by atoms with Gasteiger partial charge in [0.25, 0.3) is 11.8 Å². The van der Waals surface area contributed by atoms with E-state index >= 15 is 0 Å². The normalized spacial score (nSPS) is 13.6. The third-order valence-corrected chi connectivity index (χ3v) is 5.45. The first-order valence-electron chi connectivity index (χ1n) is 9.74. The van der Waals surface area contributed by atoms with Crippen molar-refractivity contribution in [2.75, 3.05) is 5.32 Å². The van der Waals surface area contributed by atoms with Gasteiger partial charge in [-0.2, -0.15) is 5.26 Å². The van der Waals surface area contributed by atoms with Crippen molar-refractivity contribution in [2.24, 2.45) is 0 Å². The molecule has 4 rings (SSSR count). The van der Waals surface area contributed by atoms with Crippen LogP contribution in [0, 0.1) is 25.2 Å². The average Bonchev–Trinajstić information content (AvgIpc) is 3.19. The summed E-state index contributed by atoms with van der Waals surface area (Å²) in [5.74, 6) is -1.14. The van der Waals surface area contributed by atoms with E-state index in [1.807, 2.05) is 36.4 Å². The Hall–Kier alpha value is -4.18. The van der Waals surface area contributed by atoms with Crippen molar-refractivity contribution in [3.05, 3.63) is 88.2 Å². The van der Waals surface area contributed by atoms with Crippen molar-refractivity contribution < 1.29 is 18.8 Å². The molecule has 3 amide bonds. The quantitative estimate of drug-likeness (QED) is 0.644. The minimum absolute atomic E-state index is 0.0113. The molecule has 7 heteroatoms. The van der Waals surface area contributed by atoms with E-state index in [0.717, 1.165) is 10.5 Å². The largest absolute Gasteiger partial charge is 0.444 e. The number of nitriles is 1. The van der Waals surface area contributed by atoms with Crippen molar-refractivity contribution in [1.82, 2.24) is 4.90 Å². The fourth-order valence-electron chi connectivity index (χ4n) is 3.67. The van der Waals surface area contributed by atoms with Gasteiger partial charge in [0.1, 0.15) is 23.4 Å². The summed E-state index contributed by atoms with van der Waals surface area (Å²) in [6, 6.07) is 16.5. The molecule has 0 aliphatic carbocycles. The van der Waals surface area contributed by atoms with Crippen LogP contribution in [-0.4, -0.2) is 28.7 Å². The summed E-state index contributed by atoms with van der Waals surface area (Å²) in [5.41, 5.74) is 2.15. The second-order valence-electron chi connectivity index (χ2n) is 7.32. The number of imide groups is 1. The molecule has 154 valence electrons. The van der Waals surface area contributed by atoms with Crippen molar-refractivity contribution in [3.8, 4) is 6.07 Å². The molecule has 7 nitrogen and oxygen atoms in total. The van der Waals surface area contributed by atoms with Crippen LogP contribution in [0.25, 0.3) is 0 Å². The molecule has 0 saturated heterocycles. The lowest BCUT2D eigenvalue weighted by Crippen LogP contribution is -2.48. The number of anilines is 1. The Morgan fingerprint density at radius 2 is 1.61 bits per heavy atom. The number of carbonyl (C=O) groups excluding carboxylic acids is 3. The van der Waals surface area contributed by atoms with Crippen molar-refractivity contribution >= 4 is 23.6 Å². The van der Waals surface area contributed by atoms with Gasteiger partial charge >= 0.3 is 0 Å². The lowest BCUT2D eigenvalue weighted by atomic mass is 10.0. The van der Waals surface area contributed by atoms with Gasteiger partial charge in [-0.1, -0.05) is 42.5 Å². The van der Waals surface area contributed by atoms with E-state index in [0.29, 0.717) is 11.3 Å². The topological polar surface area (TPSA) is 103 Å². The van der Waals surface area contributed by atoms with E-state index in [-0.39, 0.29) is 29.0 Å². The third kappa shape index (κ3) is 3.49. The number of rotatable bonds is 5. The van der Waals surface area contributed by atoms with Crippen LogP contribution in [0.2, 0.25) is 0 Å². The second-order valence-corrected chi connectivity index (χ2v) is 7.32. The lowest BCUT2D eigenvalue weighted by Gasteiger charge is -2.25. The van der Waals surface area contributed by atoms with Crippen molar-refractivity contribution in [1.29, 1.82) is 5.26 Å². The van der Waals surface area contributed by atoms with E-state index < -0.39 is 23.8 Å². The Labute approximate surface area is 178 Å². The highest BCUT2D eigenvalue weighted by Gasteiger charge is 2.43. The molecule has 1 N–H and O–H groups in total. The predicted molar refractivity (Wildman–Crippen MR) is 112 cm³/mol. The highest BCUT2D eigenvalue weighted by molar-refractivity contribution is 6.23. The minimum Gasteiger partial charge on any atom is -0.444 e. The molecule has 1 aliphatic heterocycles. The third-order valence-electron chi connectivity index (χ3n) is 5.45. The maximum absolute atomic E-state index is 13.3. The summed E-state index contributed by atoms with van der Waals surface area (Å²) >= 11 is 0. The number of hydrogen-bond acceptors (Lipinski definition) is 5. The van der Waals surface area contributed by atoms with Gasteiger partial charge in [0, 0.05) is 12.0 Å². The number of benzene rings is 2. The van der Waals surface area contributed by atoms with Gasteiger partial charge in [-0.25, -0.2) is 0 Å². The Morgan fingerprint density at radius 1 is 1.03 bits per heavy atom. The number of nitrogens with one attached hydrogen (secondary N) is 1. The van der Waals surface area contributed by atoms with Gasteiger partial charge in [-0.05, 0) is 31.5 Å². The second kappa shape index (κ2) is 7.92. The monoisotopic (exact) mass is 413 g/mol. The van der Waals surface area contributed by atoms with Crippen LogP contribution in [0.15, 0.2) is 59.0 Å². The van der Waals surface area contributed by atoms with Crippen LogP contribution in [0.4, 0.5) is 5.88 Å². The van der Waals surface area contributed by atoms with Gasteiger partial charge < -0.3 is 4.42 Å². The van der Waals surface area contributed by atoms with Crippen LogP contribution < -0.4 is 5.32 Å². The van der Waals surface area contributed by atoms with Crippen LogP contribution in [0.1, 0.15) is 43.2 Å². The fraction of sp³-hybridized carbons (Fsp3) is 0.167. The summed E-state index contributed by atoms with van der Waals surface area (Å²) in [7, 11) is 0. The molecular weight excluding hydrogens is 394 g/mol. The number of fused-ring (bicyclic) bond motifs is 1. The van der Waals surface area contributed by atoms with E-state index in [1.165, 1.54) is 0 Å². The van der Waals surface area contributed by atoms with Gasteiger partial charge in [-0.15, -0.1) is 0 Å². The number of aryl methyl sites for hydroxylation is 1. The molecule has 2 heterocycles. The number of nitrogens with zero attached hydrogens (tertiary/aromatic N) is 2. The zero-order chi connectivity index (χ0) is 22.1. The molecule has 0 saturated carbocycles. The van der Waals surface area contributed by atoms with E-state index in [9.17, 15) is 19.6 Å². The summed E-state index contributed by atoms with van der Waals surface area (Å²) in [6.45, 7) is 3.41. The number of amides is 3. The highest BCUT2D eigenvalue weighted by Crippen LogP contribution is 2.29. The predicted octanol–water partition coefficient (Wildman–Crippen LogP) is 3.61. The van der Waals surface area contributed by atoms with Gasteiger partial charge in [0.15, 0.2) is 0 Å². The number of furan rings is 1. The highest BCUT2D eigenvalue weighted by atomic mass is 16.4. The Bertz CT molecular complexity index is 1200. The number of hydrogen-bond donors (Lipinski definition) is 1. The molecule has 1 aromatic heterocycles. The van der Waals surface area contributed by atoms with Crippen LogP contribution in [-0.2, 0) is 11.2 Å². The average molecular weight is 413 g/mol. The lowest BCUT2D eigenvalue weighted by molar-refractivity contribution is -0.120. The summed E-state index contributed by atoms with van der Waals surface area (Å²) < 4.78 is 5.54. The molecule has 0 fully saturated rings. The van der Waals surface area contributed by atoms with E-state index in [4.69, 9.17) is 4.42 Å². The molecule has 1 unspecified atom stereocenters. The number of carbonyl (C=O) groups is 3. The maximum Gasteiger partial charge on any atom is 0.262 e. The summed E-state index contributed by atoms with van der Waals surface area (Å²) in [5, 5.41) is 12.0. The van der Waals surface area contributed by atoms with E-state index in [2.05, 4.69) is 5.32 Å². The van der Waals surface area contributed by atoms with Crippen LogP contribution in [0.5, 0.6) is 0 Å². The SMILES string of the molecule is Cc1oc(NC(=O)C(Cc2ccccc2)N2C(=O)c3ccccc3C2=O)c(C#N)c1C. The van der Waals surface area contributed by atoms with E-state index in [1.54, 1.807) is 38.1 Å². The first-order valence-corrected chi connectivity index (χ1v) is 9.74. The zero-order valence-electron chi connectivity index (χ0n) is 17.0. The maximum atomic E-state index is 13.3. The van der Waals surface area contributed by atoms with Crippen LogP contribution >= 0.6 is 0 Å². The van der Waals surface area contributed by atoms with Gasteiger partial charge in [-0.3, -0.25) is 24.6 Å². The standard InChI is InChI=1S/C24H19N3O4/c1-14-15(2)31-22(19(14)13-25)26-21(28)20(12-16-8-4-3-5-9-16)27-23(29)17-10-6-7-11-18(17)24(27)30/h3-11,20H,12H2,1-2H3,(H,26,28). The first kappa shape index (κ1) is 20.1. The Morgan fingerprint density at radius 3 is 2.19 bits per heavy atom. The van der Waals surface area contributed by atoms with Gasteiger partial charge in [0.05, 0.1) is 11.1 Å². The molecular formula is C24H19N3O4. The molecule has 0 spiro atoms. The van der Waals surface area contributed by atoms with Crippen molar-refractivity contribution in [3.63, 3.8) is 0 Å². The Kier molecular flexibility index (Phi) is 5.14. The summed E-state index contributed by atoms with van der Waals surface area (Å²) in [4.78, 5) is 40.3. The molecule has 31 heavy (non-hydrogen) atoms. The van der Waals surface area contributed by atoms with Gasteiger partial charge in [0.2, 0.25) is 11.8 Å². The Balaban J connectivity index is 1.71. The first-order chi connectivity index (χ1) is 14.9. The minimum atomic E-state index is -1.12. The van der Waals surface area contributed by atoms with Crippen molar-refractivity contribution in [2.45, 2.75) is 26.3 Å².